The molecule has 2 aromatic carbocycles. The molecule has 1 unspecified atom stereocenters. The largest absolute Gasteiger partial charge is 0.354 e. The second-order valence-electron chi connectivity index (χ2n) is 6.66. The van der Waals surface area contributed by atoms with Crippen LogP contribution >= 0.6 is 23.4 Å². The van der Waals surface area contributed by atoms with E-state index in [1.165, 1.54) is 11.8 Å². The highest BCUT2D eigenvalue weighted by Crippen LogP contribution is 2.22. The van der Waals surface area contributed by atoms with Crippen LogP contribution < -0.4 is 5.32 Å². The van der Waals surface area contributed by atoms with Gasteiger partial charge in [-0.15, -0.1) is 11.8 Å². The van der Waals surface area contributed by atoms with Gasteiger partial charge < -0.3 is 10.2 Å². The molecule has 0 heterocycles. The summed E-state index contributed by atoms with van der Waals surface area (Å²) >= 11 is 7.36. The first-order valence-electron chi connectivity index (χ1n) is 9.42. The third-order valence-corrected chi connectivity index (χ3v) is 5.74. The monoisotopic (exact) mass is 418 g/mol. The molecule has 0 aromatic heterocycles. The molecule has 0 aliphatic heterocycles. The number of benzene rings is 2. The first-order chi connectivity index (χ1) is 13.4. The molecule has 2 aromatic rings. The van der Waals surface area contributed by atoms with E-state index >= 15 is 0 Å². The van der Waals surface area contributed by atoms with Crippen LogP contribution in [0.25, 0.3) is 0 Å². The van der Waals surface area contributed by atoms with E-state index in [0.717, 1.165) is 22.4 Å². The molecule has 0 aliphatic rings. The molecule has 6 heteroatoms. The van der Waals surface area contributed by atoms with Gasteiger partial charge in [0.15, 0.2) is 0 Å². The van der Waals surface area contributed by atoms with Crippen molar-refractivity contribution in [2.24, 2.45) is 0 Å². The van der Waals surface area contributed by atoms with Crippen LogP contribution in [0.2, 0.25) is 5.02 Å². The van der Waals surface area contributed by atoms with E-state index in [-0.39, 0.29) is 17.6 Å². The maximum atomic E-state index is 13.0. The molecule has 2 amide bonds. The number of hydrogen-bond donors (Lipinski definition) is 1. The van der Waals surface area contributed by atoms with Crippen molar-refractivity contribution in [3.8, 4) is 0 Å². The second kappa shape index (κ2) is 11.1. The number of aryl methyl sites for hydroxylation is 1. The highest BCUT2D eigenvalue weighted by molar-refractivity contribution is 8.00. The van der Waals surface area contributed by atoms with E-state index in [2.05, 4.69) is 5.32 Å². The van der Waals surface area contributed by atoms with Crippen LogP contribution in [-0.4, -0.2) is 35.1 Å². The third kappa shape index (κ3) is 6.57. The van der Waals surface area contributed by atoms with Crippen LogP contribution in [0.15, 0.2) is 53.4 Å². The third-order valence-electron chi connectivity index (χ3n) is 4.49. The summed E-state index contributed by atoms with van der Waals surface area (Å²) in [6.45, 7) is 6.82. The lowest BCUT2D eigenvalue weighted by Crippen LogP contribution is -2.48. The zero-order valence-electron chi connectivity index (χ0n) is 16.6. The Bertz CT molecular complexity index is 795. The predicted molar refractivity (Wildman–Crippen MR) is 117 cm³/mol. The molecule has 0 bridgehead atoms. The van der Waals surface area contributed by atoms with Gasteiger partial charge in [0.1, 0.15) is 6.04 Å². The van der Waals surface area contributed by atoms with Crippen molar-refractivity contribution >= 4 is 35.2 Å². The van der Waals surface area contributed by atoms with Gasteiger partial charge in [-0.05, 0) is 55.7 Å². The molecule has 0 saturated heterocycles. The highest BCUT2D eigenvalue weighted by atomic mass is 35.5. The van der Waals surface area contributed by atoms with E-state index < -0.39 is 6.04 Å². The molecule has 0 fully saturated rings. The Hall–Kier alpha value is -1.98. The van der Waals surface area contributed by atoms with Gasteiger partial charge in [-0.3, -0.25) is 9.59 Å². The molecule has 150 valence electrons. The van der Waals surface area contributed by atoms with Crippen LogP contribution in [0.3, 0.4) is 0 Å². The number of nitrogens with zero attached hydrogens (tertiary/aromatic N) is 1. The molecule has 1 atom stereocenters. The van der Waals surface area contributed by atoms with E-state index in [1.807, 2.05) is 50.2 Å². The highest BCUT2D eigenvalue weighted by Gasteiger charge is 2.26. The van der Waals surface area contributed by atoms with Crippen LogP contribution in [-0.2, 0) is 16.1 Å². The van der Waals surface area contributed by atoms with Crippen molar-refractivity contribution in [2.75, 3.05) is 12.3 Å². The fourth-order valence-corrected chi connectivity index (χ4v) is 3.62. The van der Waals surface area contributed by atoms with Gasteiger partial charge in [-0.2, -0.15) is 0 Å². The number of amides is 2. The van der Waals surface area contributed by atoms with E-state index in [4.69, 9.17) is 11.6 Å². The zero-order valence-corrected chi connectivity index (χ0v) is 18.1. The standard InChI is InChI=1S/C22H27ClN2O2S/c1-4-13-24-22(27)17(3)25(14-18-8-6-5-7-16(18)2)21(26)15-28-20-11-9-19(23)10-12-20/h5-12,17H,4,13-15H2,1-3H3,(H,24,27). The molecule has 28 heavy (non-hydrogen) atoms. The number of nitrogens with one attached hydrogen (secondary N) is 1. The summed E-state index contributed by atoms with van der Waals surface area (Å²) in [4.78, 5) is 28.2. The van der Waals surface area contributed by atoms with Gasteiger partial charge in [0, 0.05) is 23.0 Å². The number of rotatable bonds is 9. The summed E-state index contributed by atoms with van der Waals surface area (Å²) in [7, 11) is 0. The SMILES string of the molecule is CCCNC(=O)C(C)N(Cc1ccccc1C)C(=O)CSc1ccc(Cl)cc1. The lowest BCUT2D eigenvalue weighted by molar-refractivity contribution is -0.138. The summed E-state index contributed by atoms with van der Waals surface area (Å²) in [5.74, 6) is 0.0708. The molecule has 0 aliphatic carbocycles. The second-order valence-corrected chi connectivity index (χ2v) is 8.14. The van der Waals surface area contributed by atoms with Crippen LogP contribution in [0.1, 0.15) is 31.4 Å². The minimum absolute atomic E-state index is 0.0673. The Balaban J connectivity index is 2.13. The fourth-order valence-electron chi connectivity index (χ4n) is 2.71. The summed E-state index contributed by atoms with van der Waals surface area (Å²) in [6, 6.07) is 14.8. The number of carbonyl (C=O) groups is 2. The molecule has 0 radical (unpaired) electrons. The minimum Gasteiger partial charge on any atom is -0.354 e. The average Bonchev–Trinajstić information content (AvgIpc) is 2.70. The molecule has 1 N–H and O–H groups in total. The van der Waals surface area contributed by atoms with Crippen molar-refractivity contribution in [3.05, 3.63) is 64.7 Å². The van der Waals surface area contributed by atoms with E-state index in [1.54, 1.807) is 24.0 Å². The normalized spacial score (nSPS) is 11.7. The zero-order chi connectivity index (χ0) is 20.5. The lowest BCUT2D eigenvalue weighted by atomic mass is 10.1. The van der Waals surface area contributed by atoms with Crippen molar-refractivity contribution in [1.82, 2.24) is 10.2 Å². The van der Waals surface area contributed by atoms with Gasteiger partial charge >= 0.3 is 0 Å². The van der Waals surface area contributed by atoms with E-state index in [9.17, 15) is 9.59 Å². The van der Waals surface area contributed by atoms with Gasteiger partial charge in [0.2, 0.25) is 11.8 Å². The van der Waals surface area contributed by atoms with Crippen molar-refractivity contribution < 1.29 is 9.59 Å². The Morgan fingerprint density at radius 2 is 1.82 bits per heavy atom. The Labute approximate surface area is 176 Å². The van der Waals surface area contributed by atoms with Gasteiger partial charge in [0.25, 0.3) is 0 Å². The lowest BCUT2D eigenvalue weighted by Gasteiger charge is -2.29. The quantitative estimate of drug-likeness (QED) is 0.601. The maximum Gasteiger partial charge on any atom is 0.242 e. The first-order valence-corrected chi connectivity index (χ1v) is 10.8. The van der Waals surface area contributed by atoms with Gasteiger partial charge in [-0.25, -0.2) is 0 Å². The molecule has 0 spiro atoms. The summed E-state index contributed by atoms with van der Waals surface area (Å²) in [6.07, 6.45) is 0.858. The van der Waals surface area contributed by atoms with Crippen LogP contribution in [0, 0.1) is 6.92 Å². The summed E-state index contributed by atoms with van der Waals surface area (Å²) in [5, 5.41) is 3.56. The van der Waals surface area contributed by atoms with Gasteiger partial charge in [-0.1, -0.05) is 42.8 Å². The first kappa shape index (κ1) is 22.3. The van der Waals surface area contributed by atoms with Crippen molar-refractivity contribution in [3.63, 3.8) is 0 Å². The van der Waals surface area contributed by atoms with Crippen molar-refractivity contribution in [1.29, 1.82) is 0 Å². The van der Waals surface area contributed by atoms with Crippen molar-refractivity contribution in [2.45, 2.75) is 44.7 Å². The number of thioether (sulfide) groups is 1. The molecular formula is C22H27ClN2O2S. The number of hydrogen-bond acceptors (Lipinski definition) is 3. The fraction of sp³-hybridized carbons (Fsp3) is 0.364. The number of halogens is 1. The molecule has 2 rings (SSSR count). The summed E-state index contributed by atoms with van der Waals surface area (Å²) < 4.78 is 0. The van der Waals surface area contributed by atoms with Crippen LogP contribution in [0.5, 0.6) is 0 Å². The Morgan fingerprint density at radius 1 is 1.14 bits per heavy atom. The molecular weight excluding hydrogens is 392 g/mol. The van der Waals surface area contributed by atoms with Crippen LogP contribution in [0.4, 0.5) is 0 Å². The summed E-state index contributed by atoms with van der Waals surface area (Å²) in [5.41, 5.74) is 2.15. The molecule has 4 nitrogen and oxygen atoms in total. The van der Waals surface area contributed by atoms with Gasteiger partial charge in [0.05, 0.1) is 5.75 Å². The average molecular weight is 419 g/mol. The minimum atomic E-state index is -0.538. The topological polar surface area (TPSA) is 49.4 Å². The molecule has 0 saturated carbocycles. The Morgan fingerprint density at radius 3 is 2.46 bits per heavy atom. The van der Waals surface area contributed by atoms with E-state index in [0.29, 0.717) is 18.1 Å². The Kier molecular flexibility index (Phi) is 8.87. The smallest absolute Gasteiger partial charge is 0.242 e. The predicted octanol–water partition coefficient (Wildman–Crippen LogP) is 4.68. The maximum absolute atomic E-state index is 13.0. The number of carbonyl (C=O) groups excluding carboxylic acids is 2.